The molecule has 0 radical (unpaired) electrons. The van der Waals surface area contributed by atoms with Crippen molar-refractivity contribution in [2.75, 3.05) is 0 Å². The van der Waals surface area contributed by atoms with Gasteiger partial charge in [0.15, 0.2) is 0 Å². The summed E-state index contributed by atoms with van der Waals surface area (Å²) in [5.41, 5.74) is 0.0875. The molecule has 0 aromatic carbocycles. The summed E-state index contributed by atoms with van der Waals surface area (Å²) in [6.07, 6.45) is 5.20. The third-order valence-electron chi connectivity index (χ3n) is 5.43. The molecule has 1 fully saturated rings. The molecule has 4 atom stereocenters. The maximum Gasteiger partial charge on any atom is 0.109 e. The zero-order valence-corrected chi connectivity index (χ0v) is 14.7. The number of nitrogens with one attached hydrogen (secondary N) is 1. The first-order valence-electron chi connectivity index (χ1n) is 8.62. The van der Waals surface area contributed by atoms with E-state index in [9.17, 15) is 0 Å². The molecule has 1 aromatic heterocycles. The first-order valence-corrected chi connectivity index (χ1v) is 8.62. The number of furan rings is 1. The first-order chi connectivity index (χ1) is 9.79. The fourth-order valence-corrected chi connectivity index (χ4v) is 3.91. The Balaban J connectivity index is 1.93. The summed E-state index contributed by atoms with van der Waals surface area (Å²) < 4.78 is 5.85. The quantitative estimate of drug-likeness (QED) is 0.820. The fourth-order valence-electron chi connectivity index (χ4n) is 3.91. The van der Waals surface area contributed by atoms with E-state index in [1.54, 1.807) is 0 Å². The van der Waals surface area contributed by atoms with Gasteiger partial charge in [0, 0.05) is 17.5 Å². The number of rotatable bonds is 5. The highest BCUT2D eigenvalue weighted by Gasteiger charge is 2.31. The van der Waals surface area contributed by atoms with Crippen LogP contribution in [0.25, 0.3) is 0 Å². The van der Waals surface area contributed by atoms with Crippen molar-refractivity contribution in [3.05, 3.63) is 23.7 Å². The van der Waals surface area contributed by atoms with Crippen molar-refractivity contribution in [2.45, 2.75) is 84.7 Å². The standard InChI is InChI=1S/C19H33NO/c1-13-8-7-9-17(16(13)4)20-14(2)12-19(5,6)18-11-10-15(3)21-18/h10-11,13-14,16-17,20H,7-9,12H2,1-6H3/t13-,14-,16-,17+/m0/s1. The van der Waals surface area contributed by atoms with Gasteiger partial charge >= 0.3 is 0 Å². The second-order valence-corrected chi connectivity index (χ2v) is 7.94. The third-order valence-corrected chi connectivity index (χ3v) is 5.43. The maximum atomic E-state index is 5.85. The normalized spacial score (nSPS) is 28.6. The van der Waals surface area contributed by atoms with Crippen LogP contribution in [0.4, 0.5) is 0 Å². The minimum atomic E-state index is 0.0875. The molecule has 1 aliphatic carbocycles. The van der Waals surface area contributed by atoms with Crippen LogP contribution in [-0.2, 0) is 5.41 Å². The van der Waals surface area contributed by atoms with Gasteiger partial charge in [0.2, 0.25) is 0 Å². The third kappa shape index (κ3) is 4.12. The molecule has 21 heavy (non-hydrogen) atoms. The van der Waals surface area contributed by atoms with Gasteiger partial charge in [0.25, 0.3) is 0 Å². The molecule has 1 heterocycles. The van der Waals surface area contributed by atoms with Gasteiger partial charge < -0.3 is 9.73 Å². The van der Waals surface area contributed by atoms with Crippen LogP contribution in [0.3, 0.4) is 0 Å². The Kier molecular flexibility index (Phi) is 5.19. The summed E-state index contributed by atoms with van der Waals surface area (Å²) in [6, 6.07) is 5.40. The molecular weight excluding hydrogens is 258 g/mol. The zero-order chi connectivity index (χ0) is 15.6. The molecule has 0 saturated heterocycles. The number of hydrogen-bond acceptors (Lipinski definition) is 2. The van der Waals surface area contributed by atoms with Gasteiger partial charge in [-0.25, -0.2) is 0 Å². The highest BCUT2D eigenvalue weighted by atomic mass is 16.3. The molecule has 120 valence electrons. The van der Waals surface area contributed by atoms with Crippen molar-refractivity contribution in [3.8, 4) is 0 Å². The van der Waals surface area contributed by atoms with Gasteiger partial charge in [-0.3, -0.25) is 0 Å². The number of aryl methyl sites for hydroxylation is 1. The van der Waals surface area contributed by atoms with Gasteiger partial charge in [-0.1, -0.05) is 40.5 Å². The average Bonchev–Trinajstić information content (AvgIpc) is 2.82. The highest BCUT2D eigenvalue weighted by molar-refractivity contribution is 5.15. The topological polar surface area (TPSA) is 25.2 Å². The van der Waals surface area contributed by atoms with E-state index < -0.39 is 0 Å². The van der Waals surface area contributed by atoms with Crippen LogP contribution in [-0.4, -0.2) is 12.1 Å². The summed E-state index contributed by atoms with van der Waals surface area (Å²) in [5, 5.41) is 3.89. The molecule has 0 bridgehead atoms. The van der Waals surface area contributed by atoms with Crippen LogP contribution in [0.5, 0.6) is 0 Å². The van der Waals surface area contributed by atoms with Crippen LogP contribution >= 0.6 is 0 Å². The van der Waals surface area contributed by atoms with Gasteiger partial charge in [0.1, 0.15) is 11.5 Å². The molecule has 1 aromatic rings. The van der Waals surface area contributed by atoms with Crippen LogP contribution in [0, 0.1) is 18.8 Å². The van der Waals surface area contributed by atoms with Gasteiger partial charge in [-0.15, -0.1) is 0 Å². The lowest BCUT2D eigenvalue weighted by atomic mass is 9.77. The van der Waals surface area contributed by atoms with Crippen molar-refractivity contribution in [2.24, 2.45) is 11.8 Å². The SMILES string of the molecule is Cc1ccc(C(C)(C)C[C@H](C)N[C@@H]2CCC[C@H](C)[C@@H]2C)o1. The monoisotopic (exact) mass is 291 g/mol. The van der Waals surface area contributed by atoms with E-state index in [0.29, 0.717) is 12.1 Å². The molecule has 0 unspecified atom stereocenters. The zero-order valence-electron chi connectivity index (χ0n) is 14.7. The maximum absolute atomic E-state index is 5.85. The lowest BCUT2D eigenvalue weighted by Gasteiger charge is -2.38. The Morgan fingerprint density at radius 1 is 1.29 bits per heavy atom. The average molecular weight is 291 g/mol. The van der Waals surface area contributed by atoms with E-state index in [1.165, 1.54) is 19.3 Å². The van der Waals surface area contributed by atoms with Gasteiger partial charge in [-0.05, 0) is 50.7 Å². The molecule has 1 saturated carbocycles. The summed E-state index contributed by atoms with van der Waals surface area (Å²) >= 11 is 0. The summed E-state index contributed by atoms with van der Waals surface area (Å²) in [6.45, 7) is 13.7. The molecule has 0 spiro atoms. The summed E-state index contributed by atoms with van der Waals surface area (Å²) in [5.74, 6) is 3.76. The molecule has 2 heteroatoms. The summed E-state index contributed by atoms with van der Waals surface area (Å²) in [4.78, 5) is 0. The second kappa shape index (κ2) is 6.56. The van der Waals surface area contributed by atoms with Gasteiger partial charge in [-0.2, -0.15) is 0 Å². The molecule has 0 aliphatic heterocycles. The minimum absolute atomic E-state index is 0.0875. The number of hydrogen-bond donors (Lipinski definition) is 1. The Bertz CT molecular complexity index is 448. The van der Waals surface area contributed by atoms with E-state index in [1.807, 2.05) is 6.92 Å². The fraction of sp³-hybridized carbons (Fsp3) is 0.789. The van der Waals surface area contributed by atoms with E-state index in [2.05, 4.69) is 52.1 Å². The van der Waals surface area contributed by atoms with E-state index in [-0.39, 0.29) is 5.41 Å². The minimum Gasteiger partial charge on any atom is -0.466 e. The van der Waals surface area contributed by atoms with Crippen LogP contribution < -0.4 is 5.32 Å². The predicted octanol–water partition coefficient (Wildman–Crippen LogP) is 5.06. The lowest BCUT2D eigenvalue weighted by Crippen LogP contribution is -2.46. The van der Waals surface area contributed by atoms with Crippen molar-refractivity contribution in [3.63, 3.8) is 0 Å². The van der Waals surface area contributed by atoms with E-state index in [4.69, 9.17) is 4.42 Å². The molecule has 1 N–H and O–H groups in total. The Labute approximate surface area is 130 Å². The van der Waals surface area contributed by atoms with Crippen LogP contribution in [0.2, 0.25) is 0 Å². The van der Waals surface area contributed by atoms with E-state index >= 15 is 0 Å². The summed E-state index contributed by atoms with van der Waals surface area (Å²) in [7, 11) is 0. The Morgan fingerprint density at radius 3 is 2.62 bits per heavy atom. The second-order valence-electron chi connectivity index (χ2n) is 7.94. The van der Waals surface area contributed by atoms with Crippen molar-refractivity contribution in [1.29, 1.82) is 0 Å². The van der Waals surface area contributed by atoms with Crippen LogP contribution in [0.15, 0.2) is 16.5 Å². The first kappa shape index (κ1) is 16.6. The molecule has 0 amide bonds. The largest absolute Gasteiger partial charge is 0.466 e. The smallest absolute Gasteiger partial charge is 0.109 e. The predicted molar refractivity (Wildman–Crippen MR) is 89.7 cm³/mol. The highest BCUT2D eigenvalue weighted by Crippen LogP contribution is 2.32. The van der Waals surface area contributed by atoms with E-state index in [0.717, 1.165) is 29.8 Å². The lowest BCUT2D eigenvalue weighted by molar-refractivity contribution is 0.186. The molecule has 2 nitrogen and oxygen atoms in total. The van der Waals surface area contributed by atoms with Crippen molar-refractivity contribution >= 4 is 0 Å². The van der Waals surface area contributed by atoms with Crippen molar-refractivity contribution < 1.29 is 4.42 Å². The molecule has 2 rings (SSSR count). The van der Waals surface area contributed by atoms with Crippen LogP contribution in [0.1, 0.15) is 71.8 Å². The molecular formula is C19H33NO. The Hall–Kier alpha value is -0.760. The van der Waals surface area contributed by atoms with Gasteiger partial charge in [0.05, 0.1) is 0 Å². The Morgan fingerprint density at radius 2 is 2.00 bits per heavy atom. The molecule has 1 aliphatic rings. The van der Waals surface area contributed by atoms with Crippen molar-refractivity contribution in [1.82, 2.24) is 5.32 Å².